The van der Waals surface area contributed by atoms with Crippen molar-refractivity contribution in [2.24, 2.45) is 5.92 Å². The van der Waals surface area contributed by atoms with Gasteiger partial charge in [-0.3, -0.25) is 14.5 Å². The summed E-state index contributed by atoms with van der Waals surface area (Å²) in [4.78, 5) is 29.6. The van der Waals surface area contributed by atoms with Crippen molar-refractivity contribution in [2.45, 2.75) is 39.7 Å². The zero-order valence-corrected chi connectivity index (χ0v) is 15.9. The predicted molar refractivity (Wildman–Crippen MR) is 101 cm³/mol. The average Bonchev–Trinajstić information content (AvgIpc) is 2.87. The van der Waals surface area contributed by atoms with Crippen molar-refractivity contribution in [3.8, 4) is 0 Å². The second-order valence-electron chi connectivity index (χ2n) is 7.44. The molecule has 0 spiro atoms. The first-order chi connectivity index (χ1) is 12.5. The molecule has 2 aliphatic rings. The molecule has 2 heterocycles. The van der Waals surface area contributed by atoms with Crippen LogP contribution in [-0.2, 0) is 14.3 Å². The minimum absolute atomic E-state index is 0.0763. The van der Waals surface area contributed by atoms with Crippen molar-refractivity contribution >= 4 is 17.4 Å². The number of imide groups is 1. The van der Waals surface area contributed by atoms with Crippen LogP contribution >= 0.6 is 0 Å². The number of likely N-dealkylation sites (tertiary alicyclic amines) is 1. The minimum atomic E-state index is -0.206. The molecule has 140 valence electrons. The molecule has 1 aromatic rings. The van der Waals surface area contributed by atoms with Gasteiger partial charge >= 0.3 is 0 Å². The zero-order valence-electron chi connectivity index (χ0n) is 15.9. The fraction of sp³-hybridized carbons (Fsp3) is 0.524. The highest BCUT2D eigenvalue weighted by molar-refractivity contribution is 6.35. The van der Waals surface area contributed by atoms with Crippen LogP contribution in [0.2, 0.25) is 0 Å². The Morgan fingerprint density at radius 3 is 2.35 bits per heavy atom. The smallest absolute Gasteiger partial charge is 0.277 e. The largest absolute Gasteiger partial charge is 0.377 e. The van der Waals surface area contributed by atoms with E-state index in [1.54, 1.807) is 0 Å². The molecule has 0 bridgehead atoms. The SMILES string of the molecule is CC1CCN(C2=C(c3ccccc3)C(=O)N(CCOC(C)C)C2=O)CC1. The van der Waals surface area contributed by atoms with Gasteiger partial charge in [0.2, 0.25) is 0 Å². The number of piperidine rings is 1. The highest BCUT2D eigenvalue weighted by atomic mass is 16.5. The highest BCUT2D eigenvalue weighted by Gasteiger charge is 2.41. The van der Waals surface area contributed by atoms with Crippen LogP contribution in [0.15, 0.2) is 36.0 Å². The van der Waals surface area contributed by atoms with Gasteiger partial charge in [-0.15, -0.1) is 0 Å². The lowest BCUT2D eigenvalue weighted by atomic mass is 9.97. The van der Waals surface area contributed by atoms with Gasteiger partial charge in [-0.25, -0.2) is 0 Å². The number of hydrogen-bond donors (Lipinski definition) is 0. The van der Waals surface area contributed by atoms with Gasteiger partial charge in [0.15, 0.2) is 0 Å². The lowest BCUT2D eigenvalue weighted by molar-refractivity contribution is -0.138. The molecule has 26 heavy (non-hydrogen) atoms. The Morgan fingerprint density at radius 1 is 1.08 bits per heavy atom. The predicted octanol–water partition coefficient (Wildman–Crippen LogP) is 2.92. The van der Waals surface area contributed by atoms with Gasteiger partial charge in [0.25, 0.3) is 11.8 Å². The van der Waals surface area contributed by atoms with E-state index in [1.807, 2.05) is 44.2 Å². The number of benzene rings is 1. The molecule has 0 radical (unpaired) electrons. The van der Waals surface area contributed by atoms with Crippen molar-refractivity contribution in [1.29, 1.82) is 0 Å². The summed E-state index contributed by atoms with van der Waals surface area (Å²) in [5.41, 5.74) is 1.92. The Labute approximate surface area is 155 Å². The summed E-state index contributed by atoms with van der Waals surface area (Å²) in [5, 5.41) is 0. The summed E-state index contributed by atoms with van der Waals surface area (Å²) >= 11 is 0. The van der Waals surface area contributed by atoms with Crippen LogP contribution in [0.3, 0.4) is 0 Å². The maximum absolute atomic E-state index is 13.1. The fourth-order valence-electron chi connectivity index (χ4n) is 3.54. The third-order valence-corrected chi connectivity index (χ3v) is 5.07. The molecular formula is C21H28N2O3. The Bertz CT molecular complexity index is 688. The van der Waals surface area contributed by atoms with Crippen molar-refractivity contribution < 1.29 is 14.3 Å². The number of carbonyl (C=O) groups is 2. The van der Waals surface area contributed by atoms with E-state index in [0.717, 1.165) is 31.5 Å². The second kappa shape index (κ2) is 8.04. The van der Waals surface area contributed by atoms with E-state index in [1.165, 1.54) is 4.90 Å². The van der Waals surface area contributed by atoms with Crippen LogP contribution in [0, 0.1) is 5.92 Å². The summed E-state index contributed by atoms with van der Waals surface area (Å²) in [7, 11) is 0. The van der Waals surface area contributed by atoms with Crippen molar-refractivity contribution in [3.63, 3.8) is 0 Å². The van der Waals surface area contributed by atoms with Gasteiger partial charge in [0, 0.05) is 13.1 Å². The normalized spacial score (nSPS) is 19.2. The lowest BCUT2D eigenvalue weighted by Crippen LogP contribution is -2.39. The first-order valence-corrected chi connectivity index (χ1v) is 9.51. The van der Waals surface area contributed by atoms with Crippen LogP contribution < -0.4 is 0 Å². The molecule has 1 saturated heterocycles. The molecule has 0 atom stereocenters. The summed E-state index contributed by atoms with van der Waals surface area (Å²) in [6, 6.07) is 9.53. The van der Waals surface area contributed by atoms with Gasteiger partial charge in [0.1, 0.15) is 5.70 Å². The van der Waals surface area contributed by atoms with Gasteiger partial charge < -0.3 is 9.64 Å². The summed E-state index contributed by atoms with van der Waals surface area (Å²) in [6.07, 6.45) is 2.17. The molecule has 0 saturated carbocycles. The molecule has 3 rings (SSSR count). The fourth-order valence-corrected chi connectivity index (χ4v) is 3.54. The summed E-state index contributed by atoms with van der Waals surface area (Å²) < 4.78 is 5.56. The van der Waals surface area contributed by atoms with Gasteiger partial charge in [-0.2, -0.15) is 0 Å². The Morgan fingerprint density at radius 2 is 1.73 bits per heavy atom. The minimum Gasteiger partial charge on any atom is -0.377 e. The molecule has 1 aromatic carbocycles. The Balaban J connectivity index is 1.90. The van der Waals surface area contributed by atoms with E-state index in [2.05, 4.69) is 11.8 Å². The number of amides is 2. The highest BCUT2D eigenvalue weighted by Crippen LogP contribution is 2.33. The Hall–Kier alpha value is -2.14. The van der Waals surface area contributed by atoms with Crippen molar-refractivity contribution in [1.82, 2.24) is 9.80 Å². The number of hydrogen-bond acceptors (Lipinski definition) is 4. The van der Waals surface area contributed by atoms with Gasteiger partial charge in [-0.1, -0.05) is 37.3 Å². The topological polar surface area (TPSA) is 49.9 Å². The van der Waals surface area contributed by atoms with Crippen LogP contribution in [0.25, 0.3) is 5.57 Å². The van der Waals surface area contributed by atoms with Crippen LogP contribution in [-0.4, -0.2) is 54.0 Å². The quantitative estimate of drug-likeness (QED) is 0.736. The lowest BCUT2D eigenvalue weighted by Gasteiger charge is -2.32. The van der Waals surface area contributed by atoms with Gasteiger partial charge in [0.05, 0.1) is 24.8 Å². The number of carbonyl (C=O) groups excluding carboxylic acids is 2. The van der Waals surface area contributed by atoms with Crippen molar-refractivity contribution in [2.75, 3.05) is 26.2 Å². The average molecular weight is 356 g/mol. The first-order valence-electron chi connectivity index (χ1n) is 9.51. The van der Waals surface area contributed by atoms with Crippen LogP contribution in [0.1, 0.15) is 39.2 Å². The molecule has 5 nitrogen and oxygen atoms in total. The van der Waals surface area contributed by atoms with E-state index >= 15 is 0 Å². The zero-order chi connectivity index (χ0) is 18.7. The van der Waals surface area contributed by atoms with Crippen LogP contribution in [0.5, 0.6) is 0 Å². The van der Waals surface area contributed by atoms with E-state index in [4.69, 9.17) is 4.74 Å². The Kier molecular flexibility index (Phi) is 5.77. The molecule has 0 unspecified atom stereocenters. The standard InChI is InChI=1S/C21H28N2O3/c1-15(2)26-14-13-23-20(24)18(17-7-5-4-6-8-17)19(21(23)25)22-11-9-16(3)10-12-22/h4-8,15-16H,9-14H2,1-3H3. The monoisotopic (exact) mass is 356 g/mol. The summed E-state index contributed by atoms with van der Waals surface area (Å²) in [6.45, 7) is 8.43. The second-order valence-corrected chi connectivity index (χ2v) is 7.44. The van der Waals surface area contributed by atoms with E-state index in [-0.39, 0.29) is 17.9 Å². The molecule has 5 heteroatoms. The molecule has 2 aliphatic heterocycles. The number of nitrogens with zero attached hydrogens (tertiary/aromatic N) is 2. The molecule has 0 N–H and O–H groups in total. The molecule has 2 amide bonds. The van der Waals surface area contributed by atoms with Crippen molar-refractivity contribution in [3.05, 3.63) is 41.6 Å². The first kappa shape index (κ1) is 18.6. The third-order valence-electron chi connectivity index (χ3n) is 5.07. The van der Waals surface area contributed by atoms with Gasteiger partial charge in [-0.05, 0) is 38.2 Å². The maximum Gasteiger partial charge on any atom is 0.277 e. The number of ether oxygens (including phenoxy) is 1. The molecule has 0 aliphatic carbocycles. The van der Waals surface area contributed by atoms with E-state index in [9.17, 15) is 9.59 Å². The molecule has 1 fully saturated rings. The van der Waals surface area contributed by atoms with Crippen LogP contribution in [0.4, 0.5) is 0 Å². The molecule has 0 aromatic heterocycles. The van der Waals surface area contributed by atoms with E-state index < -0.39 is 0 Å². The third kappa shape index (κ3) is 3.83. The maximum atomic E-state index is 13.1. The van der Waals surface area contributed by atoms with E-state index in [0.29, 0.717) is 30.3 Å². The molecular weight excluding hydrogens is 328 g/mol. The summed E-state index contributed by atoms with van der Waals surface area (Å²) in [5.74, 6) is 0.271. The number of rotatable bonds is 6.